The van der Waals surface area contributed by atoms with Crippen LogP contribution in [-0.2, 0) is 9.59 Å². The molecule has 0 saturated heterocycles. The van der Waals surface area contributed by atoms with Crippen molar-refractivity contribution in [2.24, 2.45) is 11.5 Å². The molecular formula is C24H23N5O3S. The van der Waals surface area contributed by atoms with E-state index in [4.69, 9.17) is 11.5 Å². The fourth-order valence-corrected chi connectivity index (χ4v) is 4.83. The Morgan fingerprint density at radius 2 is 1.94 bits per heavy atom. The van der Waals surface area contributed by atoms with Crippen molar-refractivity contribution in [2.75, 3.05) is 10.2 Å². The first-order valence-corrected chi connectivity index (χ1v) is 11.1. The van der Waals surface area contributed by atoms with E-state index in [0.717, 1.165) is 22.4 Å². The minimum Gasteiger partial charge on any atom is -0.367 e. The molecule has 1 aliphatic heterocycles. The summed E-state index contributed by atoms with van der Waals surface area (Å²) in [6.45, 7) is 3.71. The third-order valence-electron chi connectivity index (χ3n) is 5.48. The van der Waals surface area contributed by atoms with Crippen molar-refractivity contribution in [3.8, 4) is 11.1 Å². The number of amides is 3. The first kappa shape index (κ1) is 22.2. The van der Waals surface area contributed by atoms with Gasteiger partial charge in [-0.05, 0) is 54.2 Å². The highest BCUT2D eigenvalue weighted by atomic mass is 32.2. The number of anilines is 2. The van der Waals surface area contributed by atoms with Crippen molar-refractivity contribution >= 4 is 51.8 Å². The molecular weight excluding hydrogens is 438 g/mol. The Kier molecular flexibility index (Phi) is 5.97. The molecule has 1 atom stereocenters. The molecule has 0 fully saturated rings. The van der Waals surface area contributed by atoms with Crippen molar-refractivity contribution in [2.45, 2.75) is 19.2 Å². The summed E-state index contributed by atoms with van der Waals surface area (Å²) in [7, 11) is 0. The largest absolute Gasteiger partial charge is 0.367 e. The molecule has 1 unspecified atom stereocenters. The number of H-pyrrole nitrogens is 1. The Bertz CT molecular complexity index is 1340. The van der Waals surface area contributed by atoms with Gasteiger partial charge in [0.1, 0.15) is 0 Å². The van der Waals surface area contributed by atoms with Crippen LogP contribution in [-0.4, -0.2) is 28.1 Å². The molecule has 1 aromatic heterocycles. The number of thioether (sulfide) groups is 1. The predicted molar refractivity (Wildman–Crippen MR) is 133 cm³/mol. The van der Waals surface area contributed by atoms with Crippen molar-refractivity contribution in [1.29, 1.82) is 0 Å². The molecule has 2 aromatic carbocycles. The molecule has 0 bridgehead atoms. The number of carbonyl (C=O) groups is 3. The smallest absolute Gasteiger partial charge is 0.251 e. The number of benzene rings is 2. The quantitative estimate of drug-likeness (QED) is 0.416. The van der Waals surface area contributed by atoms with Gasteiger partial charge in [-0.25, -0.2) is 0 Å². The third kappa shape index (κ3) is 3.98. The van der Waals surface area contributed by atoms with Gasteiger partial charge in [-0.1, -0.05) is 36.0 Å². The number of primary amides is 2. The summed E-state index contributed by atoms with van der Waals surface area (Å²) in [5, 5.41) is 4.83. The molecule has 8 nitrogen and oxygen atoms in total. The molecule has 0 radical (unpaired) electrons. The molecule has 0 saturated carbocycles. The monoisotopic (exact) mass is 461 g/mol. The summed E-state index contributed by atoms with van der Waals surface area (Å²) in [4.78, 5) is 41.1. The fourth-order valence-electron chi connectivity index (χ4n) is 4.03. The van der Waals surface area contributed by atoms with Crippen molar-refractivity contribution in [1.82, 2.24) is 4.98 Å². The van der Waals surface area contributed by atoms with E-state index < -0.39 is 17.2 Å². The van der Waals surface area contributed by atoms with E-state index in [9.17, 15) is 14.4 Å². The highest BCUT2D eigenvalue weighted by Crippen LogP contribution is 2.41. The van der Waals surface area contributed by atoms with Crippen molar-refractivity contribution in [3.63, 3.8) is 0 Å². The molecule has 9 heteroatoms. The molecule has 0 spiro atoms. The predicted octanol–water partition coefficient (Wildman–Crippen LogP) is 3.59. The summed E-state index contributed by atoms with van der Waals surface area (Å²) in [6, 6.07) is 9.25. The summed E-state index contributed by atoms with van der Waals surface area (Å²) in [5.41, 5.74) is 16.0. The number of hydrogen-bond acceptors (Lipinski definition) is 5. The van der Waals surface area contributed by atoms with Crippen molar-refractivity contribution < 1.29 is 14.4 Å². The minimum atomic E-state index is -0.575. The van der Waals surface area contributed by atoms with Crippen LogP contribution >= 0.6 is 11.8 Å². The summed E-state index contributed by atoms with van der Waals surface area (Å²) >= 11 is 1.35. The number of rotatable bonds is 6. The van der Waals surface area contributed by atoms with E-state index >= 15 is 0 Å². The highest BCUT2D eigenvalue weighted by Gasteiger charge is 2.28. The lowest BCUT2D eigenvalue weighted by atomic mass is 9.94. The van der Waals surface area contributed by atoms with E-state index in [-0.39, 0.29) is 5.91 Å². The number of nitrogens with one attached hydrogen (secondary N) is 2. The molecule has 0 aliphatic carbocycles. The fraction of sp³-hybridized carbons (Fsp3) is 0.125. The normalized spacial score (nSPS) is 15.5. The van der Waals surface area contributed by atoms with Crippen LogP contribution in [0.15, 0.2) is 60.3 Å². The maximum Gasteiger partial charge on any atom is 0.251 e. The second-order valence-electron chi connectivity index (χ2n) is 7.50. The van der Waals surface area contributed by atoms with Crippen LogP contribution in [0.25, 0.3) is 22.0 Å². The Morgan fingerprint density at radius 3 is 2.64 bits per heavy atom. The maximum absolute atomic E-state index is 12.3. The van der Waals surface area contributed by atoms with E-state index in [1.807, 2.05) is 47.7 Å². The van der Waals surface area contributed by atoms with Gasteiger partial charge in [-0.2, -0.15) is 0 Å². The number of aromatic nitrogens is 1. The highest BCUT2D eigenvalue weighted by molar-refractivity contribution is 8.03. The first-order chi connectivity index (χ1) is 15.8. The van der Waals surface area contributed by atoms with Gasteiger partial charge in [0.25, 0.3) is 11.8 Å². The van der Waals surface area contributed by atoms with E-state index in [0.29, 0.717) is 22.2 Å². The van der Waals surface area contributed by atoms with Crippen LogP contribution in [0.2, 0.25) is 0 Å². The molecule has 4 rings (SSSR count). The average Bonchev–Trinajstić information content (AvgIpc) is 3.41. The van der Waals surface area contributed by atoms with Gasteiger partial charge in [0.2, 0.25) is 5.91 Å². The zero-order valence-electron chi connectivity index (χ0n) is 18.1. The van der Waals surface area contributed by atoms with Crippen LogP contribution in [0.3, 0.4) is 0 Å². The Morgan fingerprint density at radius 1 is 1.15 bits per heavy atom. The van der Waals surface area contributed by atoms with Crippen molar-refractivity contribution in [3.05, 3.63) is 71.4 Å². The van der Waals surface area contributed by atoms with E-state index in [2.05, 4.69) is 10.3 Å². The standard InChI is InChI=1S/C24H23N5O3S/c1-3-5-19(30)28-17-12-27-21-16(22(25)31)9-8-15(20(17)21)14-6-4-7-18(13(14)2)29-10-11-33-24(29)23(26)32/h3-12,24,27H,1-2H3,(H2,25,31)(H2,26,32)(H,28,30)/b5-3+. The number of hydrogen-bond donors (Lipinski definition) is 4. The van der Waals surface area contributed by atoms with Gasteiger partial charge < -0.3 is 26.7 Å². The summed E-state index contributed by atoms with van der Waals surface area (Å²) in [6.07, 6.45) is 6.54. The topological polar surface area (TPSA) is 134 Å². The Labute approximate surface area is 194 Å². The lowest BCUT2D eigenvalue weighted by molar-refractivity contribution is -0.117. The lowest BCUT2D eigenvalue weighted by Crippen LogP contribution is -2.37. The first-order valence-electron chi connectivity index (χ1n) is 10.2. The van der Waals surface area contributed by atoms with E-state index in [1.54, 1.807) is 25.3 Å². The van der Waals surface area contributed by atoms with Gasteiger partial charge in [-0.3, -0.25) is 14.4 Å². The number of nitrogens with zero attached hydrogens (tertiary/aromatic N) is 1. The molecule has 3 amide bonds. The zero-order chi connectivity index (χ0) is 23.7. The second-order valence-corrected chi connectivity index (χ2v) is 8.49. The zero-order valence-corrected chi connectivity index (χ0v) is 18.9. The molecule has 33 heavy (non-hydrogen) atoms. The third-order valence-corrected chi connectivity index (χ3v) is 6.47. The number of carbonyl (C=O) groups excluding carboxylic acids is 3. The van der Waals surface area contributed by atoms with Crippen LogP contribution in [0.1, 0.15) is 22.8 Å². The SMILES string of the molecule is C/C=C/C(=O)Nc1c[nH]c2c(C(N)=O)ccc(-c3cccc(N4C=CSC4C(N)=O)c3C)c12. The molecule has 6 N–H and O–H groups in total. The molecule has 168 valence electrons. The van der Waals surface area contributed by atoms with Crippen LogP contribution < -0.4 is 21.7 Å². The van der Waals surface area contributed by atoms with Gasteiger partial charge in [0.05, 0.1) is 16.8 Å². The van der Waals surface area contributed by atoms with Gasteiger partial charge >= 0.3 is 0 Å². The van der Waals surface area contributed by atoms with Gasteiger partial charge in [-0.15, -0.1) is 0 Å². The van der Waals surface area contributed by atoms with Crippen LogP contribution in [0, 0.1) is 6.92 Å². The number of nitrogens with two attached hydrogens (primary N) is 2. The van der Waals surface area contributed by atoms with Gasteiger partial charge in [0.15, 0.2) is 5.37 Å². The summed E-state index contributed by atoms with van der Waals surface area (Å²) in [5.74, 6) is -1.29. The Hall–Kier alpha value is -3.98. The van der Waals surface area contributed by atoms with Crippen LogP contribution in [0.5, 0.6) is 0 Å². The van der Waals surface area contributed by atoms with E-state index in [1.165, 1.54) is 17.8 Å². The molecule has 3 aromatic rings. The Balaban J connectivity index is 1.91. The average molecular weight is 462 g/mol. The second kappa shape index (κ2) is 8.87. The van der Waals surface area contributed by atoms with Crippen LogP contribution in [0.4, 0.5) is 11.4 Å². The lowest BCUT2D eigenvalue weighted by Gasteiger charge is -2.25. The number of fused-ring (bicyclic) bond motifs is 1. The van der Waals surface area contributed by atoms with Gasteiger partial charge in [0, 0.05) is 23.5 Å². The summed E-state index contributed by atoms with van der Waals surface area (Å²) < 4.78 is 0. The minimum absolute atomic E-state index is 0.289. The number of allylic oxidation sites excluding steroid dienone is 1. The molecule has 1 aliphatic rings. The molecule has 2 heterocycles. The maximum atomic E-state index is 12.3. The number of aromatic amines is 1.